The molecule has 1 aromatic heterocycles. The van der Waals surface area contributed by atoms with Gasteiger partial charge < -0.3 is 4.74 Å². The Morgan fingerprint density at radius 3 is 3.00 bits per heavy atom. The molecule has 0 bridgehead atoms. The van der Waals surface area contributed by atoms with Gasteiger partial charge in [-0.2, -0.15) is 5.10 Å². The monoisotopic (exact) mass is 197 g/mol. The third kappa shape index (κ3) is 1.32. The van der Waals surface area contributed by atoms with E-state index in [9.17, 15) is 14.9 Å². The summed E-state index contributed by atoms with van der Waals surface area (Å²) in [5.74, 6) is -0.386. The van der Waals surface area contributed by atoms with Crippen molar-refractivity contribution >= 4 is 11.7 Å². The Morgan fingerprint density at radius 2 is 2.50 bits per heavy atom. The molecule has 1 fully saturated rings. The number of hydrogen-bond acceptors (Lipinski definition) is 5. The summed E-state index contributed by atoms with van der Waals surface area (Å²) in [6, 6.07) is -0.510. The number of nitro groups is 1. The lowest BCUT2D eigenvalue weighted by Gasteiger charge is -2.03. The van der Waals surface area contributed by atoms with E-state index in [2.05, 4.69) is 5.10 Å². The molecule has 0 amide bonds. The first-order chi connectivity index (χ1) is 6.68. The fraction of sp³-hybridized carbons (Fsp3) is 0.429. The van der Waals surface area contributed by atoms with E-state index in [1.807, 2.05) is 0 Å². The molecule has 1 unspecified atom stereocenters. The maximum atomic E-state index is 11.1. The van der Waals surface area contributed by atoms with E-state index in [-0.39, 0.29) is 11.7 Å². The highest BCUT2D eigenvalue weighted by Gasteiger charge is 2.29. The summed E-state index contributed by atoms with van der Waals surface area (Å²) in [5.41, 5.74) is -0.121. The molecule has 0 aromatic carbocycles. The van der Waals surface area contributed by atoms with Crippen molar-refractivity contribution in [3.63, 3.8) is 0 Å². The van der Waals surface area contributed by atoms with Gasteiger partial charge in [0.05, 0.1) is 11.5 Å². The second-order valence-electron chi connectivity index (χ2n) is 2.91. The van der Waals surface area contributed by atoms with Gasteiger partial charge in [-0.05, 0) is 0 Å². The van der Waals surface area contributed by atoms with Crippen molar-refractivity contribution in [2.75, 3.05) is 6.61 Å². The van der Waals surface area contributed by atoms with Crippen molar-refractivity contribution in [1.82, 2.24) is 9.78 Å². The van der Waals surface area contributed by atoms with Gasteiger partial charge in [-0.1, -0.05) is 0 Å². The molecule has 74 valence electrons. The SMILES string of the molecule is O=C1OCCC1n1cc([N+](=O)[O-])cn1. The highest BCUT2D eigenvalue weighted by atomic mass is 16.6. The molecule has 0 radical (unpaired) electrons. The number of esters is 1. The molecule has 1 aliphatic heterocycles. The minimum Gasteiger partial charge on any atom is -0.464 e. The Balaban J connectivity index is 2.24. The minimum atomic E-state index is -0.552. The molecule has 2 rings (SSSR count). The van der Waals surface area contributed by atoms with Crippen molar-refractivity contribution in [1.29, 1.82) is 0 Å². The minimum absolute atomic E-state index is 0.121. The Kier molecular flexibility index (Phi) is 1.91. The lowest BCUT2D eigenvalue weighted by Crippen LogP contribution is -2.14. The van der Waals surface area contributed by atoms with Crippen LogP contribution < -0.4 is 0 Å². The number of ether oxygens (including phenoxy) is 1. The third-order valence-corrected chi connectivity index (χ3v) is 2.03. The van der Waals surface area contributed by atoms with Crippen molar-refractivity contribution in [3.05, 3.63) is 22.5 Å². The Morgan fingerprint density at radius 1 is 1.71 bits per heavy atom. The number of nitrogens with zero attached hydrogens (tertiary/aromatic N) is 3. The Labute approximate surface area is 78.4 Å². The molecular weight excluding hydrogens is 190 g/mol. The maximum absolute atomic E-state index is 11.1. The zero-order valence-electron chi connectivity index (χ0n) is 7.12. The topological polar surface area (TPSA) is 87.3 Å². The molecule has 0 spiro atoms. The number of carbonyl (C=O) groups excluding carboxylic acids is 1. The van der Waals surface area contributed by atoms with Gasteiger partial charge in [0.25, 0.3) is 0 Å². The summed E-state index contributed by atoms with van der Waals surface area (Å²) in [5, 5.41) is 14.1. The summed E-state index contributed by atoms with van der Waals surface area (Å²) in [4.78, 5) is 20.9. The summed E-state index contributed by atoms with van der Waals surface area (Å²) in [6.45, 7) is 0.344. The van der Waals surface area contributed by atoms with Gasteiger partial charge in [0.2, 0.25) is 0 Å². The Bertz CT molecular complexity index is 386. The predicted octanol–water partition coefficient (Wildman–Crippen LogP) is 0.279. The first-order valence-electron chi connectivity index (χ1n) is 4.03. The van der Waals surface area contributed by atoms with Gasteiger partial charge in [0, 0.05) is 6.42 Å². The maximum Gasteiger partial charge on any atom is 0.331 e. The second kappa shape index (κ2) is 3.09. The normalized spacial score (nSPS) is 20.9. The van der Waals surface area contributed by atoms with Crippen molar-refractivity contribution in [3.8, 4) is 0 Å². The van der Waals surface area contributed by atoms with E-state index in [0.29, 0.717) is 13.0 Å². The van der Waals surface area contributed by atoms with Crippen LogP contribution in [0.1, 0.15) is 12.5 Å². The molecular formula is C7H7N3O4. The van der Waals surface area contributed by atoms with Crippen LogP contribution in [0.3, 0.4) is 0 Å². The summed E-state index contributed by atoms with van der Waals surface area (Å²) in [7, 11) is 0. The second-order valence-corrected chi connectivity index (χ2v) is 2.91. The van der Waals surface area contributed by atoms with Gasteiger partial charge in [-0.25, -0.2) is 4.79 Å². The van der Waals surface area contributed by atoms with Crippen molar-refractivity contribution in [2.45, 2.75) is 12.5 Å². The van der Waals surface area contributed by atoms with Gasteiger partial charge in [0.1, 0.15) is 12.4 Å². The standard InChI is InChI=1S/C7H7N3O4/c11-7-6(1-2-14-7)9-4-5(3-8-9)10(12)13/h3-4,6H,1-2H2. The lowest BCUT2D eigenvalue weighted by atomic mass is 10.2. The van der Waals surface area contributed by atoms with E-state index in [1.54, 1.807) is 0 Å². The molecule has 1 atom stereocenters. The lowest BCUT2D eigenvalue weighted by molar-refractivity contribution is -0.385. The van der Waals surface area contributed by atoms with E-state index in [4.69, 9.17) is 4.74 Å². The summed E-state index contributed by atoms with van der Waals surface area (Å²) in [6.07, 6.45) is 2.86. The average Bonchev–Trinajstić information content (AvgIpc) is 2.71. The Hall–Kier alpha value is -1.92. The molecule has 0 saturated carbocycles. The quantitative estimate of drug-likeness (QED) is 0.386. The molecule has 1 aliphatic rings. The molecule has 0 N–H and O–H groups in total. The van der Waals surface area contributed by atoms with Gasteiger partial charge >= 0.3 is 11.7 Å². The highest BCUT2D eigenvalue weighted by molar-refractivity contribution is 5.75. The molecule has 14 heavy (non-hydrogen) atoms. The first kappa shape index (κ1) is 8.67. The van der Waals surface area contributed by atoms with Gasteiger partial charge in [0.15, 0.2) is 6.04 Å². The molecule has 0 aliphatic carbocycles. The fourth-order valence-corrected chi connectivity index (χ4v) is 1.32. The number of carbonyl (C=O) groups is 1. The molecule has 7 heteroatoms. The summed E-state index contributed by atoms with van der Waals surface area (Å²) < 4.78 is 5.99. The van der Waals surface area contributed by atoms with Crippen LogP contribution in [0.4, 0.5) is 5.69 Å². The van der Waals surface area contributed by atoms with E-state index in [1.165, 1.54) is 10.9 Å². The molecule has 1 aromatic rings. The van der Waals surface area contributed by atoms with E-state index in [0.717, 1.165) is 6.20 Å². The third-order valence-electron chi connectivity index (χ3n) is 2.03. The highest BCUT2D eigenvalue weighted by Crippen LogP contribution is 2.21. The van der Waals surface area contributed by atoms with Crippen LogP contribution in [0.2, 0.25) is 0 Å². The van der Waals surface area contributed by atoms with Crippen LogP contribution in [0, 0.1) is 10.1 Å². The predicted molar refractivity (Wildman–Crippen MR) is 43.5 cm³/mol. The smallest absolute Gasteiger partial charge is 0.331 e. The molecule has 7 nitrogen and oxygen atoms in total. The van der Waals surface area contributed by atoms with Crippen LogP contribution in [0.15, 0.2) is 12.4 Å². The van der Waals surface area contributed by atoms with Crippen LogP contribution in [-0.4, -0.2) is 27.3 Å². The van der Waals surface area contributed by atoms with Crippen LogP contribution in [-0.2, 0) is 9.53 Å². The van der Waals surface area contributed by atoms with Crippen LogP contribution in [0.25, 0.3) is 0 Å². The number of rotatable bonds is 2. The zero-order chi connectivity index (χ0) is 10.1. The van der Waals surface area contributed by atoms with E-state index >= 15 is 0 Å². The zero-order valence-corrected chi connectivity index (χ0v) is 7.12. The number of cyclic esters (lactones) is 1. The van der Waals surface area contributed by atoms with Gasteiger partial charge in [-0.15, -0.1) is 0 Å². The van der Waals surface area contributed by atoms with Crippen LogP contribution in [0.5, 0.6) is 0 Å². The average molecular weight is 197 g/mol. The summed E-state index contributed by atoms with van der Waals surface area (Å²) >= 11 is 0. The van der Waals surface area contributed by atoms with Crippen LogP contribution >= 0.6 is 0 Å². The van der Waals surface area contributed by atoms with E-state index < -0.39 is 11.0 Å². The fourth-order valence-electron chi connectivity index (χ4n) is 1.32. The largest absolute Gasteiger partial charge is 0.464 e. The molecule has 1 saturated heterocycles. The molecule has 2 heterocycles. The number of aromatic nitrogens is 2. The number of hydrogen-bond donors (Lipinski definition) is 0. The van der Waals surface area contributed by atoms with Crippen molar-refractivity contribution in [2.24, 2.45) is 0 Å². The van der Waals surface area contributed by atoms with Crippen molar-refractivity contribution < 1.29 is 14.5 Å². The first-order valence-corrected chi connectivity index (χ1v) is 4.03. The van der Waals surface area contributed by atoms with Gasteiger partial charge in [-0.3, -0.25) is 14.8 Å².